The normalized spacial score (nSPS) is 9.12. The first-order valence-corrected chi connectivity index (χ1v) is 5.09. The summed E-state index contributed by atoms with van der Waals surface area (Å²) in [4.78, 5) is 10.3. The van der Waals surface area contributed by atoms with Crippen molar-refractivity contribution in [1.29, 1.82) is 0 Å². The third-order valence-electron chi connectivity index (χ3n) is 1.84. The highest BCUT2D eigenvalue weighted by molar-refractivity contribution is 6.18. The molecule has 1 aromatic carbocycles. The lowest BCUT2D eigenvalue weighted by atomic mass is 10.1. The largest absolute Gasteiger partial charge is 0.497 e. The van der Waals surface area contributed by atoms with E-state index in [0.29, 0.717) is 23.6 Å². The fraction of sp³-hybridized carbons (Fsp3) is 0.273. The average Bonchev–Trinajstić information content (AvgIpc) is 2.29. The van der Waals surface area contributed by atoms with E-state index >= 15 is 0 Å². The van der Waals surface area contributed by atoms with E-state index in [9.17, 15) is 10.1 Å². The van der Waals surface area contributed by atoms with E-state index in [-0.39, 0.29) is 5.69 Å². The number of nitrogens with zero attached hydrogens (tertiary/aromatic N) is 1. The Kier molecular flexibility index (Phi) is 4.62. The highest BCUT2D eigenvalue weighted by Gasteiger charge is 2.12. The van der Waals surface area contributed by atoms with Crippen LogP contribution in [0, 0.1) is 22.0 Å². The van der Waals surface area contributed by atoms with Gasteiger partial charge in [0.1, 0.15) is 11.3 Å². The van der Waals surface area contributed by atoms with Crippen LogP contribution in [0.3, 0.4) is 0 Å². The van der Waals surface area contributed by atoms with E-state index in [1.807, 2.05) is 0 Å². The molecule has 16 heavy (non-hydrogen) atoms. The van der Waals surface area contributed by atoms with Crippen molar-refractivity contribution >= 4 is 17.3 Å². The molecule has 0 spiro atoms. The predicted molar refractivity (Wildman–Crippen MR) is 61.9 cm³/mol. The summed E-state index contributed by atoms with van der Waals surface area (Å²) < 4.78 is 4.91. The first-order chi connectivity index (χ1) is 7.69. The monoisotopic (exact) mass is 239 g/mol. The maximum atomic E-state index is 10.8. The Balaban J connectivity index is 3.09. The van der Waals surface area contributed by atoms with E-state index in [2.05, 4.69) is 11.8 Å². The third kappa shape index (κ3) is 3.14. The molecular formula is C11H10ClNO3. The van der Waals surface area contributed by atoms with E-state index in [1.54, 1.807) is 12.1 Å². The van der Waals surface area contributed by atoms with Crippen LogP contribution in [0.5, 0.6) is 5.75 Å². The van der Waals surface area contributed by atoms with Crippen molar-refractivity contribution in [3.8, 4) is 17.6 Å². The van der Waals surface area contributed by atoms with Gasteiger partial charge >= 0.3 is 0 Å². The summed E-state index contributed by atoms with van der Waals surface area (Å²) in [5.74, 6) is 6.33. The van der Waals surface area contributed by atoms with Gasteiger partial charge in [-0.3, -0.25) is 10.1 Å². The lowest BCUT2D eigenvalue weighted by molar-refractivity contribution is -0.385. The van der Waals surface area contributed by atoms with Crippen molar-refractivity contribution in [2.45, 2.75) is 6.42 Å². The van der Waals surface area contributed by atoms with Crippen molar-refractivity contribution in [1.82, 2.24) is 0 Å². The van der Waals surface area contributed by atoms with Gasteiger partial charge in [-0.15, -0.1) is 11.6 Å². The highest BCUT2D eigenvalue weighted by Crippen LogP contribution is 2.23. The fourth-order valence-corrected chi connectivity index (χ4v) is 1.19. The molecule has 0 atom stereocenters. The van der Waals surface area contributed by atoms with Crippen LogP contribution in [0.2, 0.25) is 0 Å². The number of hydrogen-bond acceptors (Lipinski definition) is 3. The van der Waals surface area contributed by atoms with Gasteiger partial charge in [-0.25, -0.2) is 0 Å². The molecular weight excluding hydrogens is 230 g/mol. The maximum Gasteiger partial charge on any atom is 0.288 e. The van der Waals surface area contributed by atoms with Crippen molar-refractivity contribution in [2.75, 3.05) is 13.0 Å². The first-order valence-electron chi connectivity index (χ1n) is 4.56. The average molecular weight is 240 g/mol. The van der Waals surface area contributed by atoms with Crippen LogP contribution in [0.15, 0.2) is 18.2 Å². The zero-order chi connectivity index (χ0) is 12.0. The van der Waals surface area contributed by atoms with Crippen molar-refractivity contribution < 1.29 is 9.66 Å². The molecule has 1 rings (SSSR count). The molecule has 0 unspecified atom stereocenters. The molecule has 0 aromatic heterocycles. The topological polar surface area (TPSA) is 52.4 Å². The fourth-order valence-electron chi connectivity index (χ4n) is 1.10. The second kappa shape index (κ2) is 5.99. The van der Waals surface area contributed by atoms with Crippen LogP contribution in [-0.4, -0.2) is 17.9 Å². The minimum absolute atomic E-state index is 0.0542. The molecule has 0 radical (unpaired) electrons. The zero-order valence-corrected chi connectivity index (χ0v) is 9.45. The number of halogens is 1. The van der Waals surface area contributed by atoms with Gasteiger partial charge in [0.2, 0.25) is 0 Å². The Morgan fingerprint density at radius 3 is 2.88 bits per heavy atom. The number of nitro benzene ring substituents is 1. The number of hydrogen-bond donors (Lipinski definition) is 0. The lowest BCUT2D eigenvalue weighted by Crippen LogP contribution is -1.93. The maximum absolute atomic E-state index is 10.8. The second-order valence-electron chi connectivity index (χ2n) is 2.88. The molecule has 1 aromatic rings. The predicted octanol–water partition coefficient (Wildman–Crippen LogP) is 2.58. The number of rotatable bonds is 3. The zero-order valence-electron chi connectivity index (χ0n) is 8.70. The minimum Gasteiger partial charge on any atom is -0.497 e. The first kappa shape index (κ1) is 12.3. The van der Waals surface area contributed by atoms with E-state index in [4.69, 9.17) is 16.3 Å². The second-order valence-corrected chi connectivity index (χ2v) is 3.26. The summed E-state index contributed by atoms with van der Waals surface area (Å²) in [6, 6.07) is 4.56. The summed E-state index contributed by atoms with van der Waals surface area (Å²) in [6.45, 7) is 0. The molecule has 0 saturated heterocycles. The quantitative estimate of drug-likeness (QED) is 0.353. The van der Waals surface area contributed by atoms with Crippen molar-refractivity contribution in [3.63, 3.8) is 0 Å². The van der Waals surface area contributed by atoms with Gasteiger partial charge in [0.05, 0.1) is 18.1 Å². The van der Waals surface area contributed by atoms with Gasteiger partial charge in [-0.2, -0.15) is 0 Å². The van der Waals surface area contributed by atoms with Crippen LogP contribution in [-0.2, 0) is 0 Å². The van der Waals surface area contributed by atoms with Crippen LogP contribution in [0.4, 0.5) is 5.69 Å². The Labute approximate surface area is 98.3 Å². The summed E-state index contributed by atoms with van der Waals surface area (Å²) in [6.07, 6.45) is 0.505. The summed E-state index contributed by atoms with van der Waals surface area (Å²) in [5, 5.41) is 10.8. The molecule has 0 aliphatic heterocycles. The van der Waals surface area contributed by atoms with Crippen LogP contribution >= 0.6 is 11.6 Å². The molecule has 0 bridgehead atoms. The molecule has 0 saturated carbocycles. The van der Waals surface area contributed by atoms with E-state index in [0.717, 1.165) is 0 Å². The molecule has 0 N–H and O–H groups in total. The Bertz CT molecular complexity index is 448. The number of nitro groups is 1. The van der Waals surface area contributed by atoms with Gasteiger partial charge in [0.25, 0.3) is 5.69 Å². The van der Waals surface area contributed by atoms with Crippen molar-refractivity contribution in [2.24, 2.45) is 0 Å². The molecule has 0 fully saturated rings. The van der Waals surface area contributed by atoms with Gasteiger partial charge < -0.3 is 4.74 Å². The van der Waals surface area contributed by atoms with Crippen molar-refractivity contribution in [3.05, 3.63) is 33.9 Å². The summed E-state index contributed by atoms with van der Waals surface area (Å²) in [7, 11) is 1.46. The minimum atomic E-state index is -0.479. The van der Waals surface area contributed by atoms with E-state index in [1.165, 1.54) is 13.2 Å². The molecule has 0 aliphatic rings. The molecule has 0 heterocycles. The van der Waals surface area contributed by atoms with Crippen LogP contribution < -0.4 is 4.74 Å². The number of ether oxygens (including phenoxy) is 1. The summed E-state index contributed by atoms with van der Waals surface area (Å²) in [5.41, 5.74) is 0.317. The Morgan fingerprint density at radius 2 is 2.31 bits per heavy atom. The van der Waals surface area contributed by atoms with E-state index < -0.39 is 4.92 Å². The SMILES string of the molecule is COc1ccc(C#CCCCl)c([N+](=O)[O-])c1. The molecule has 84 valence electrons. The van der Waals surface area contributed by atoms with Crippen LogP contribution in [0.1, 0.15) is 12.0 Å². The number of alkyl halides is 1. The van der Waals surface area contributed by atoms with Gasteiger partial charge in [0.15, 0.2) is 0 Å². The molecule has 5 heteroatoms. The van der Waals surface area contributed by atoms with Gasteiger partial charge in [0, 0.05) is 12.3 Å². The lowest BCUT2D eigenvalue weighted by Gasteiger charge is -2.00. The number of benzene rings is 1. The molecule has 0 amide bonds. The molecule has 4 nitrogen and oxygen atoms in total. The van der Waals surface area contributed by atoms with Gasteiger partial charge in [-0.05, 0) is 12.1 Å². The third-order valence-corrected chi connectivity index (χ3v) is 2.03. The van der Waals surface area contributed by atoms with Crippen LogP contribution in [0.25, 0.3) is 0 Å². The Morgan fingerprint density at radius 1 is 1.56 bits per heavy atom. The summed E-state index contributed by atoms with van der Waals surface area (Å²) >= 11 is 5.46. The molecule has 0 aliphatic carbocycles. The van der Waals surface area contributed by atoms with Gasteiger partial charge in [-0.1, -0.05) is 11.8 Å². The highest BCUT2D eigenvalue weighted by atomic mass is 35.5. The number of methoxy groups -OCH3 is 1. The smallest absolute Gasteiger partial charge is 0.288 e. The standard InChI is InChI=1S/C11H10ClNO3/c1-16-10-6-5-9(4-2-3-7-12)11(8-10)13(14)15/h5-6,8H,3,7H2,1H3. The Hall–Kier alpha value is -1.73.